The highest BCUT2D eigenvalue weighted by Crippen LogP contribution is 2.33. The first-order valence-electron chi connectivity index (χ1n) is 7.08. The van der Waals surface area contributed by atoms with Crippen LogP contribution < -0.4 is 5.32 Å². The summed E-state index contributed by atoms with van der Waals surface area (Å²) >= 11 is 0. The van der Waals surface area contributed by atoms with Crippen molar-refractivity contribution in [2.75, 3.05) is 26.7 Å². The van der Waals surface area contributed by atoms with E-state index in [1.165, 1.54) is 38.9 Å². The van der Waals surface area contributed by atoms with Crippen LogP contribution in [0.25, 0.3) is 0 Å². The van der Waals surface area contributed by atoms with Crippen LogP contribution in [0.15, 0.2) is 16.5 Å². The van der Waals surface area contributed by atoms with Gasteiger partial charge in [-0.3, -0.25) is 4.90 Å². The molecule has 0 radical (unpaired) electrons. The molecule has 1 aromatic heterocycles. The molecule has 1 aromatic rings. The molecule has 102 valence electrons. The van der Waals surface area contributed by atoms with Crippen molar-refractivity contribution >= 4 is 0 Å². The van der Waals surface area contributed by atoms with Gasteiger partial charge < -0.3 is 9.73 Å². The fourth-order valence-electron chi connectivity index (χ4n) is 3.05. The van der Waals surface area contributed by atoms with Gasteiger partial charge in [-0.1, -0.05) is 6.92 Å². The SMILES string of the molecule is CCC1(CN(C)Cc2ccc(C)o2)CCNCC1. The van der Waals surface area contributed by atoms with Gasteiger partial charge in [-0.05, 0) is 63.9 Å². The minimum Gasteiger partial charge on any atom is -0.465 e. The van der Waals surface area contributed by atoms with Crippen LogP contribution in [-0.2, 0) is 6.54 Å². The van der Waals surface area contributed by atoms with Crippen molar-refractivity contribution in [2.24, 2.45) is 5.41 Å². The van der Waals surface area contributed by atoms with Crippen LogP contribution in [0.1, 0.15) is 37.7 Å². The Labute approximate surface area is 111 Å². The lowest BCUT2D eigenvalue weighted by atomic mass is 9.76. The molecule has 1 fully saturated rings. The summed E-state index contributed by atoms with van der Waals surface area (Å²) in [5.41, 5.74) is 0.502. The van der Waals surface area contributed by atoms with Crippen molar-refractivity contribution < 1.29 is 4.42 Å². The highest BCUT2D eigenvalue weighted by atomic mass is 16.3. The van der Waals surface area contributed by atoms with E-state index < -0.39 is 0 Å². The van der Waals surface area contributed by atoms with Crippen LogP contribution in [0.3, 0.4) is 0 Å². The zero-order valence-electron chi connectivity index (χ0n) is 12.0. The number of nitrogens with one attached hydrogen (secondary N) is 1. The van der Waals surface area contributed by atoms with Crippen molar-refractivity contribution in [3.05, 3.63) is 23.7 Å². The van der Waals surface area contributed by atoms with Crippen LogP contribution in [0.2, 0.25) is 0 Å². The maximum absolute atomic E-state index is 5.66. The Morgan fingerprint density at radius 2 is 2.06 bits per heavy atom. The van der Waals surface area contributed by atoms with E-state index in [0.717, 1.165) is 18.1 Å². The Morgan fingerprint density at radius 3 is 2.61 bits per heavy atom. The molecule has 1 aliphatic rings. The molecule has 1 N–H and O–H groups in total. The van der Waals surface area contributed by atoms with E-state index in [2.05, 4.69) is 30.3 Å². The molecule has 3 heteroatoms. The van der Waals surface area contributed by atoms with E-state index in [4.69, 9.17) is 4.42 Å². The third-order valence-corrected chi connectivity index (χ3v) is 4.24. The summed E-state index contributed by atoms with van der Waals surface area (Å²) in [7, 11) is 2.21. The Balaban J connectivity index is 1.90. The van der Waals surface area contributed by atoms with Gasteiger partial charge >= 0.3 is 0 Å². The quantitative estimate of drug-likeness (QED) is 0.871. The smallest absolute Gasteiger partial charge is 0.118 e. The van der Waals surface area contributed by atoms with Gasteiger partial charge in [0.05, 0.1) is 6.54 Å². The first-order chi connectivity index (χ1) is 8.63. The van der Waals surface area contributed by atoms with Crippen LogP contribution in [0.4, 0.5) is 0 Å². The summed E-state index contributed by atoms with van der Waals surface area (Å²) in [6, 6.07) is 4.14. The molecule has 2 heterocycles. The standard InChI is InChI=1S/C15H26N2O/c1-4-15(7-9-16-10-8-15)12-17(3)11-14-6-5-13(2)18-14/h5-6,16H,4,7-12H2,1-3H3. The largest absolute Gasteiger partial charge is 0.465 e. The molecule has 0 bridgehead atoms. The second-order valence-electron chi connectivity index (χ2n) is 5.79. The molecule has 3 nitrogen and oxygen atoms in total. The Hall–Kier alpha value is -0.800. The van der Waals surface area contributed by atoms with Crippen molar-refractivity contribution in [3.63, 3.8) is 0 Å². The van der Waals surface area contributed by atoms with Crippen molar-refractivity contribution in [3.8, 4) is 0 Å². The van der Waals surface area contributed by atoms with E-state index in [1.807, 2.05) is 13.0 Å². The molecular weight excluding hydrogens is 224 g/mol. The zero-order chi connectivity index (χ0) is 13.0. The minimum atomic E-state index is 0.502. The molecule has 0 unspecified atom stereocenters. The third kappa shape index (κ3) is 3.36. The number of hydrogen-bond acceptors (Lipinski definition) is 3. The normalized spacial score (nSPS) is 19.3. The van der Waals surface area contributed by atoms with Gasteiger partial charge in [-0.15, -0.1) is 0 Å². The lowest BCUT2D eigenvalue weighted by Gasteiger charge is -2.39. The van der Waals surface area contributed by atoms with Crippen LogP contribution in [0.5, 0.6) is 0 Å². The van der Waals surface area contributed by atoms with Crippen LogP contribution in [-0.4, -0.2) is 31.6 Å². The van der Waals surface area contributed by atoms with Crippen molar-refractivity contribution in [1.29, 1.82) is 0 Å². The monoisotopic (exact) mass is 250 g/mol. The Morgan fingerprint density at radius 1 is 1.33 bits per heavy atom. The number of piperidine rings is 1. The molecule has 0 aromatic carbocycles. The fraction of sp³-hybridized carbons (Fsp3) is 0.733. The number of aryl methyl sites for hydroxylation is 1. The molecule has 0 aliphatic carbocycles. The van der Waals surface area contributed by atoms with Gasteiger partial charge in [0.2, 0.25) is 0 Å². The topological polar surface area (TPSA) is 28.4 Å². The molecule has 0 atom stereocenters. The Bertz CT molecular complexity index is 366. The number of nitrogens with zero attached hydrogens (tertiary/aromatic N) is 1. The summed E-state index contributed by atoms with van der Waals surface area (Å²) in [6.45, 7) is 8.76. The second-order valence-corrected chi connectivity index (χ2v) is 5.79. The summed E-state index contributed by atoms with van der Waals surface area (Å²) in [4.78, 5) is 2.41. The van der Waals surface area contributed by atoms with Gasteiger partial charge in [0.1, 0.15) is 11.5 Å². The average molecular weight is 250 g/mol. The van der Waals surface area contributed by atoms with Gasteiger partial charge in [0.15, 0.2) is 0 Å². The van der Waals surface area contributed by atoms with E-state index in [1.54, 1.807) is 0 Å². The molecule has 18 heavy (non-hydrogen) atoms. The number of hydrogen-bond donors (Lipinski definition) is 1. The van der Waals surface area contributed by atoms with E-state index in [9.17, 15) is 0 Å². The molecule has 1 saturated heterocycles. The van der Waals surface area contributed by atoms with Gasteiger partial charge in [0, 0.05) is 6.54 Å². The van der Waals surface area contributed by atoms with Crippen molar-refractivity contribution in [2.45, 2.75) is 39.7 Å². The summed E-state index contributed by atoms with van der Waals surface area (Å²) in [6.07, 6.45) is 3.87. The number of furan rings is 1. The predicted molar refractivity (Wildman–Crippen MR) is 74.6 cm³/mol. The first-order valence-corrected chi connectivity index (χ1v) is 7.08. The van der Waals surface area contributed by atoms with Gasteiger partial charge in [-0.25, -0.2) is 0 Å². The molecule has 0 spiro atoms. The average Bonchev–Trinajstić information content (AvgIpc) is 2.75. The maximum Gasteiger partial charge on any atom is 0.118 e. The van der Waals surface area contributed by atoms with Crippen LogP contribution >= 0.6 is 0 Å². The van der Waals surface area contributed by atoms with Crippen molar-refractivity contribution in [1.82, 2.24) is 10.2 Å². The highest BCUT2D eigenvalue weighted by Gasteiger charge is 2.31. The lowest BCUT2D eigenvalue weighted by Crippen LogP contribution is -2.43. The minimum absolute atomic E-state index is 0.502. The second kappa shape index (κ2) is 5.89. The maximum atomic E-state index is 5.66. The van der Waals surface area contributed by atoms with E-state index >= 15 is 0 Å². The summed E-state index contributed by atoms with van der Waals surface area (Å²) in [5.74, 6) is 2.08. The fourth-order valence-corrected chi connectivity index (χ4v) is 3.05. The highest BCUT2D eigenvalue weighted by molar-refractivity contribution is 5.05. The van der Waals surface area contributed by atoms with Gasteiger partial charge in [0.25, 0.3) is 0 Å². The van der Waals surface area contributed by atoms with E-state index in [0.29, 0.717) is 5.41 Å². The summed E-state index contributed by atoms with van der Waals surface area (Å²) < 4.78 is 5.66. The zero-order valence-corrected chi connectivity index (χ0v) is 12.0. The molecule has 0 amide bonds. The predicted octanol–water partition coefficient (Wildman–Crippen LogP) is 2.80. The summed E-state index contributed by atoms with van der Waals surface area (Å²) in [5, 5.41) is 3.46. The molecule has 0 saturated carbocycles. The van der Waals surface area contributed by atoms with Gasteiger partial charge in [-0.2, -0.15) is 0 Å². The third-order valence-electron chi connectivity index (χ3n) is 4.24. The molecule has 2 rings (SSSR count). The number of rotatable bonds is 5. The molecular formula is C15H26N2O. The first kappa shape index (κ1) is 13.6. The lowest BCUT2D eigenvalue weighted by molar-refractivity contribution is 0.114. The van der Waals surface area contributed by atoms with Crippen LogP contribution in [0, 0.1) is 12.3 Å². The molecule has 1 aliphatic heterocycles. The Kier molecular flexibility index (Phi) is 4.46. The van der Waals surface area contributed by atoms with E-state index in [-0.39, 0.29) is 0 Å².